The maximum atomic E-state index is 13.1. The maximum Gasteiger partial charge on any atom is 0.187 e. The van der Waals surface area contributed by atoms with Crippen LogP contribution < -0.4 is 5.32 Å². The van der Waals surface area contributed by atoms with Gasteiger partial charge in [-0.2, -0.15) is 0 Å². The van der Waals surface area contributed by atoms with Crippen LogP contribution in [0.2, 0.25) is 0 Å². The lowest BCUT2D eigenvalue weighted by Crippen LogP contribution is -2.32. The van der Waals surface area contributed by atoms with Crippen molar-refractivity contribution in [3.8, 4) is 11.5 Å². The molecule has 34 heavy (non-hydrogen) atoms. The number of hydrogen-bond acceptors (Lipinski definition) is 6. The van der Waals surface area contributed by atoms with Gasteiger partial charge >= 0.3 is 0 Å². The minimum atomic E-state index is 0. The van der Waals surface area contributed by atoms with Crippen LogP contribution in [-0.4, -0.2) is 67.1 Å². The minimum Gasteiger partial charge on any atom is -0.508 e. The van der Waals surface area contributed by atoms with Crippen LogP contribution >= 0.6 is 37.2 Å². The fraction of sp³-hybridized carbons (Fsp3) is 0.320. The molecular weight excluding hydrogens is 497 g/mol. The molecule has 1 aliphatic heterocycles. The molecule has 9 heteroatoms. The van der Waals surface area contributed by atoms with Gasteiger partial charge in [-0.05, 0) is 75.7 Å². The van der Waals surface area contributed by atoms with E-state index in [1.807, 2.05) is 74.4 Å². The van der Waals surface area contributed by atoms with Crippen molar-refractivity contribution < 1.29 is 15.0 Å². The number of halogens is 3. The summed E-state index contributed by atoms with van der Waals surface area (Å²) in [5.74, 6) is 0.527. The van der Waals surface area contributed by atoms with E-state index in [1.54, 1.807) is 12.1 Å². The normalized spacial score (nSPS) is 15.8. The fourth-order valence-corrected chi connectivity index (χ4v) is 3.66. The molecule has 0 spiro atoms. The topological polar surface area (TPSA) is 76.0 Å². The monoisotopic (exact) mass is 529 g/mol. The van der Waals surface area contributed by atoms with Crippen LogP contribution in [0, 0.1) is 0 Å². The number of phenols is 2. The second kappa shape index (κ2) is 14.4. The van der Waals surface area contributed by atoms with Crippen LogP contribution in [0.3, 0.4) is 0 Å². The summed E-state index contributed by atoms with van der Waals surface area (Å²) in [7, 11) is 7.79. The second-order valence-corrected chi connectivity index (χ2v) is 8.52. The van der Waals surface area contributed by atoms with Crippen LogP contribution in [0.15, 0.2) is 47.5 Å². The van der Waals surface area contributed by atoms with Crippen molar-refractivity contribution in [2.24, 2.45) is 0 Å². The Balaban J connectivity index is 0.00000363. The molecule has 3 N–H and O–H groups in total. The first-order valence-corrected chi connectivity index (χ1v) is 10.3. The molecule has 6 nitrogen and oxygen atoms in total. The predicted molar refractivity (Wildman–Crippen MR) is 147 cm³/mol. The smallest absolute Gasteiger partial charge is 0.187 e. The highest BCUT2D eigenvalue weighted by Gasteiger charge is 2.20. The van der Waals surface area contributed by atoms with E-state index in [1.165, 1.54) is 0 Å². The zero-order valence-electron chi connectivity index (χ0n) is 19.9. The van der Waals surface area contributed by atoms with Crippen LogP contribution in [0.1, 0.15) is 22.3 Å². The molecule has 0 saturated carbocycles. The number of nitrogens with zero attached hydrogens (tertiary/aromatic N) is 2. The van der Waals surface area contributed by atoms with Gasteiger partial charge in [0.1, 0.15) is 11.5 Å². The molecule has 0 amide bonds. The minimum absolute atomic E-state index is 0. The Morgan fingerprint density at radius 2 is 1.15 bits per heavy atom. The van der Waals surface area contributed by atoms with E-state index in [-0.39, 0.29) is 54.5 Å². The average molecular weight is 531 g/mol. The molecule has 1 heterocycles. The number of rotatable bonds is 6. The highest BCUT2D eigenvalue weighted by atomic mass is 35.5. The molecule has 3 rings (SSSR count). The molecule has 188 valence electrons. The summed E-state index contributed by atoms with van der Waals surface area (Å²) >= 11 is 0. The van der Waals surface area contributed by atoms with Crippen molar-refractivity contribution in [3.63, 3.8) is 0 Å². The molecule has 1 aliphatic rings. The molecule has 0 atom stereocenters. The summed E-state index contributed by atoms with van der Waals surface area (Å²) in [6.45, 7) is 2.25. The first-order valence-electron chi connectivity index (χ1n) is 10.3. The van der Waals surface area contributed by atoms with Gasteiger partial charge in [-0.3, -0.25) is 4.79 Å². The van der Waals surface area contributed by atoms with Crippen LogP contribution in [0.25, 0.3) is 12.2 Å². The predicted octanol–water partition coefficient (Wildman–Crippen LogP) is 4.13. The third kappa shape index (κ3) is 8.62. The Morgan fingerprint density at radius 1 is 0.765 bits per heavy atom. The summed E-state index contributed by atoms with van der Waals surface area (Å²) in [5.41, 5.74) is 4.79. The van der Waals surface area contributed by atoms with Crippen LogP contribution in [0.5, 0.6) is 11.5 Å². The molecule has 1 fully saturated rings. The van der Waals surface area contributed by atoms with Gasteiger partial charge < -0.3 is 25.3 Å². The number of Topliss-reactive ketones (excluding diaryl/α,β-unsaturated/α-hetero) is 1. The number of hydrogen-bond donors (Lipinski definition) is 3. The lowest BCUT2D eigenvalue weighted by atomic mass is 9.95. The molecule has 0 aliphatic carbocycles. The Bertz CT molecular complexity index is 958. The molecule has 0 unspecified atom stereocenters. The lowest BCUT2D eigenvalue weighted by molar-refractivity contribution is -0.112. The summed E-state index contributed by atoms with van der Waals surface area (Å²) in [6.07, 6.45) is 3.77. The van der Waals surface area contributed by atoms with Gasteiger partial charge in [-0.25, -0.2) is 0 Å². The van der Waals surface area contributed by atoms with Crippen molar-refractivity contribution in [2.45, 2.75) is 13.1 Å². The molecule has 2 aromatic rings. The first kappa shape index (κ1) is 31.9. The molecular formula is C25H34Cl3N3O3. The van der Waals surface area contributed by atoms with Gasteiger partial charge in [0.2, 0.25) is 0 Å². The summed E-state index contributed by atoms with van der Waals surface area (Å²) in [5, 5.41) is 23.5. The van der Waals surface area contributed by atoms with Gasteiger partial charge in [-0.1, -0.05) is 12.1 Å². The molecule has 2 aromatic carbocycles. The van der Waals surface area contributed by atoms with E-state index in [0.29, 0.717) is 37.3 Å². The Kier molecular flexibility index (Phi) is 13.5. The number of ketones is 1. The zero-order chi connectivity index (χ0) is 22.5. The summed E-state index contributed by atoms with van der Waals surface area (Å²) < 4.78 is 0. The molecule has 0 aromatic heterocycles. The van der Waals surface area contributed by atoms with Gasteiger partial charge in [0.25, 0.3) is 0 Å². The quantitative estimate of drug-likeness (QED) is 0.488. The molecule has 0 radical (unpaired) electrons. The van der Waals surface area contributed by atoms with Crippen molar-refractivity contribution >= 4 is 55.2 Å². The third-order valence-corrected chi connectivity index (χ3v) is 5.08. The van der Waals surface area contributed by atoms with Crippen molar-refractivity contribution in [2.75, 3.05) is 41.3 Å². The van der Waals surface area contributed by atoms with Crippen molar-refractivity contribution in [1.82, 2.24) is 15.1 Å². The van der Waals surface area contributed by atoms with E-state index in [0.717, 1.165) is 22.3 Å². The number of nitrogens with one attached hydrogen (secondary N) is 1. The average Bonchev–Trinajstić information content (AvgIpc) is 2.69. The number of aromatic hydroxyl groups is 2. The third-order valence-electron chi connectivity index (χ3n) is 5.08. The fourth-order valence-electron chi connectivity index (χ4n) is 3.66. The number of carbonyl (C=O) groups excluding carboxylic acids is 1. The van der Waals surface area contributed by atoms with E-state index in [2.05, 4.69) is 5.32 Å². The van der Waals surface area contributed by atoms with Crippen LogP contribution in [-0.2, 0) is 17.9 Å². The Hall–Kier alpha value is -2.06. The zero-order valence-corrected chi connectivity index (χ0v) is 22.3. The highest BCUT2D eigenvalue weighted by molar-refractivity contribution is 6.14. The SMILES string of the molecule is CN(C)Cc1cc(/C=C2\CNC/C(=C\c3ccc(O)c(CN(C)C)c3)C2=O)ccc1O.Cl.Cl.Cl. The Labute approximate surface area is 220 Å². The van der Waals surface area contributed by atoms with E-state index in [9.17, 15) is 15.0 Å². The van der Waals surface area contributed by atoms with E-state index < -0.39 is 0 Å². The van der Waals surface area contributed by atoms with Gasteiger partial charge in [0.05, 0.1) is 0 Å². The summed E-state index contributed by atoms with van der Waals surface area (Å²) in [6, 6.07) is 10.8. The lowest BCUT2D eigenvalue weighted by Gasteiger charge is -2.19. The number of phenolic OH excluding ortho intramolecular Hbond substituents is 2. The molecule has 1 saturated heterocycles. The first-order chi connectivity index (χ1) is 14.7. The van der Waals surface area contributed by atoms with Crippen molar-refractivity contribution in [1.29, 1.82) is 0 Å². The van der Waals surface area contributed by atoms with Gasteiger partial charge in [0.15, 0.2) is 5.78 Å². The largest absolute Gasteiger partial charge is 0.508 e. The van der Waals surface area contributed by atoms with E-state index in [4.69, 9.17) is 0 Å². The highest BCUT2D eigenvalue weighted by Crippen LogP contribution is 2.25. The van der Waals surface area contributed by atoms with E-state index >= 15 is 0 Å². The Morgan fingerprint density at radius 3 is 1.50 bits per heavy atom. The standard InChI is InChI=1S/C25H31N3O3.3ClH/c1-27(2)15-21-11-17(5-7-23(21)29)9-19-13-26-14-20(25(19)31)10-18-6-8-24(30)22(12-18)16-28(3)4;;;/h5-12,26,29-30H,13-16H2,1-4H3;3*1H/b19-9+,20-10+;;;. The number of benzene rings is 2. The van der Waals surface area contributed by atoms with Crippen molar-refractivity contribution in [3.05, 3.63) is 69.8 Å². The van der Waals surface area contributed by atoms with Gasteiger partial charge in [-0.15, -0.1) is 37.2 Å². The molecule has 0 bridgehead atoms. The maximum absolute atomic E-state index is 13.1. The summed E-state index contributed by atoms with van der Waals surface area (Å²) in [4.78, 5) is 17.1. The number of carbonyl (C=O) groups is 1. The second-order valence-electron chi connectivity index (χ2n) is 8.52. The van der Waals surface area contributed by atoms with Gasteiger partial charge in [0, 0.05) is 48.5 Å². The number of piperidine rings is 1. The van der Waals surface area contributed by atoms with Crippen LogP contribution in [0.4, 0.5) is 0 Å².